The third-order valence-corrected chi connectivity index (χ3v) is 6.10. The second kappa shape index (κ2) is 8.74. The van der Waals surface area contributed by atoms with Crippen molar-refractivity contribution in [2.24, 2.45) is 7.05 Å². The van der Waals surface area contributed by atoms with Crippen LogP contribution >= 0.6 is 0 Å². The Kier molecular flexibility index (Phi) is 5.48. The van der Waals surface area contributed by atoms with Gasteiger partial charge in [-0.15, -0.1) is 0 Å². The third-order valence-electron chi connectivity index (χ3n) is 6.10. The van der Waals surface area contributed by atoms with E-state index >= 15 is 0 Å². The largest absolute Gasteiger partial charge is 0.334 e. The van der Waals surface area contributed by atoms with Gasteiger partial charge in [-0.2, -0.15) is 0 Å². The van der Waals surface area contributed by atoms with Crippen molar-refractivity contribution in [3.8, 4) is 11.3 Å². The quantitative estimate of drug-likeness (QED) is 0.511. The highest BCUT2D eigenvalue weighted by Gasteiger charge is 2.25. The maximum atomic E-state index is 13.4. The van der Waals surface area contributed by atoms with E-state index in [9.17, 15) is 9.59 Å². The van der Waals surface area contributed by atoms with Gasteiger partial charge in [-0.3, -0.25) is 14.9 Å². The van der Waals surface area contributed by atoms with Crippen LogP contribution in [0.4, 0.5) is 5.95 Å². The van der Waals surface area contributed by atoms with E-state index in [1.807, 2.05) is 59.0 Å². The Morgan fingerprint density at radius 2 is 1.52 bits per heavy atom. The molecule has 6 nitrogen and oxygen atoms in total. The van der Waals surface area contributed by atoms with Crippen molar-refractivity contribution < 1.29 is 9.59 Å². The molecule has 1 aliphatic rings. The molecule has 1 aliphatic heterocycles. The fourth-order valence-corrected chi connectivity index (χ4v) is 4.28. The summed E-state index contributed by atoms with van der Waals surface area (Å²) in [6, 6.07) is 25.0. The van der Waals surface area contributed by atoms with E-state index in [4.69, 9.17) is 0 Å². The number of hydrogen-bond acceptors (Lipinski definition) is 3. The molecule has 5 rings (SSSR count). The van der Waals surface area contributed by atoms with Crippen molar-refractivity contribution in [2.45, 2.75) is 13.0 Å². The number of benzene rings is 3. The average molecular weight is 437 g/mol. The lowest BCUT2D eigenvalue weighted by Gasteiger charge is -2.29. The van der Waals surface area contributed by atoms with Gasteiger partial charge in [0.25, 0.3) is 11.8 Å². The summed E-state index contributed by atoms with van der Waals surface area (Å²) < 4.78 is 1.83. The van der Waals surface area contributed by atoms with Crippen LogP contribution in [0.3, 0.4) is 0 Å². The van der Waals surface area contributed by atoms with Gasteiger partial charge in [0.2, 0.25) is 5.95 Å². The minimum Gasteiger partial charge on any atom is -0.334 e. The molecule has 0 fully saturated rings. The summed E-state index contributed by atoms with van der Waals surface area (Å²) >= 11 is 0. The average Bonchev–Trinajstić information content (AvgIpc) is 3.23. The molecule has 0 bridgehead atoms. The number of anilines is 1. The van der Waals surface area contributed by atoms with Crippen LogP contribution in [0.5, 0.6) is 0 Å². The second-order valence-electron chi connectivity index (χ2n) is 8.14. The molecule has 4 aromatic rings. The van der Waals surface area contributed by atoms with Gasteiger partial charge in [0.15, 0.2) is 0 Å². The van der Waals surface area contributed by atoms with Crippen LogP contribution in [0.1, 0.15) is 31.8 Å². The highest BCUT2D eigenvalue weighted by Crippen LogP contribution is 2.24. The number of imidazole rings is 1. The Morgan fingerprint density at radius 1 is 0.848 bits per heavy atom. The Morgan fingerprint density at radius 3 is 2.30 bits per heavy atom. The predicted octanol–water partition coefficient (Wildman–Crippen LogP) is 4.54. The van der Waals surface area contributed by atoms with Crippen LogP contribution < -0.4 is 5.32 Å². The molecule has 0 unspecified atom stereocenters. The van der Waals surface area contributed by atoms with E-state index in [1.165, 1.54) is 5.56 Å². The number of aromatic nitrogens is 2. The second-order valence-corrected chi connectivity index (χ2v) is 8.14. The molecule has 2 amide bonds. The minimum absolute atomic E-state index is 0.139. The van der Waals surface area contributed by atoms with Crippen molar-refractivity contribution in [1.29, 1.82) is 0 Å². The first-order chi connectivity index (χ1) is 16.1. The highest BCUT2D eigenvalue weighted by molar-refractivity contribution is 6.11. The molecular formula is C27H24N4O2. The van der Waals surface area contributed by atoms with E-state index < -0.39 is 0 Å². The van der Waals surface area contributed by atoms with Crippen LogP contribution in [0, 0.1) is 0 Å². The van der Waals surface area contributed by atoms with E-state index in [0.29, 0.717) is 30.2 Å². The summed E-state index contributed by atoms with van der Waals surface area (Å²) in [5, 5.41) is 2.87. The minimum atomic E-state index is -0.357. The molecule has 164 valence electrons. The van der Waals surface area contributed by atoms with Crippen molar-refractivity contribution in [2.75, 3.05) is 11.9 Å². The van der Waals surface area contributed by atoms with Crippen LogP contribution in [0.2, 0.25) is 0 Å². The molecule has 1 aromatic heterocycles. The van der Waals surface area contributed by atoms with Gasteiger partial charge in [0, 0.05) is 20.1 Å². The van der Waals surface area contributed by atoms with Crippen LogP contribution in [0.25, 0.3) is 11.3 Å². The van der Waals surface area contributed by atoms with E-state index in [-0.39, 0.29) is 11.8 Å². The summed E-state index contributed by atoms with van der Waals surface area (Å²) in [5.41, 5.74) is 5.06. The molecule has 0 saturated heterocycles. The van der Waals surface area contributed by atoms with Gasteiger partial charge in [0.05, 0.1) is 23.0 Å². The number of fused-ring (bicyclic) bond motifs is 1. The first-order valence-corrected chi connectivity index (χ1v) is 11.0. The number of amides is 2. The normalized spacial score (nSPS) is 12.8. The summed E-state index contributed by atoms with van der Waals surface area (Å²) in [6.07, 6.45) is 2.54. The van der Waals surface area contributed by atoms with Crippen LogP contribution in [0.15, 0.2) is 85.1 Å². The molecule has 0 radical (unpaired) electrons. The van der Waals surface area contributed by atoms with Gasteiger partial charge < -0.3 is 9.47 Å². The topological polar surface area (TPSA) is 67.2 Å². The molecule has 0 spiro atoms. The molecule has 0 atom stereocenters. The van der Waals surface area contributed by atoms with Gasteiger partial charge in [-0.25, -0.2) is 4.98 Å². The molecule has 2 heterocycles. The Balaban J connectivity index is 1.38. The summed E-state index contributed by atoms with van der Waals surface area (Å²) in [7, 11) is 1.85. The fraction of sp³-hybridized carbons (Fsp3) is 0.148. The summed E-state index contributed by atoms with van der Waals surface area (Å²) in [5.74, 6) is -0.0715. The number of nitrogens with zero attached hydrogens (tertiary/aromatic N) is 3. The van der Waals surface area contributed by atoms with Gasteiger partial charge >= 0.3 is 0 Å². The summed E-state index contributed by atoms with van der Waals surface area (Å²) in [6.45, 7) is 1.18. The molecule has 1 N–H and O–H groups in total. The molecule has 3 aromatic carbocycles. The van der Waals surface area contributed by atoms with Gasteiger partial charge in [0.1, 0.15) is 0 Å². The number of rotatable bonds is 4. The van der Waals surface area contributed by atoms with Crippen LogP contribution in [-0.2, 0) is 20.0 Å². The molecule has 0 aliphatic carbocycles. The fourth-order valence-electron chi connectivity index (χ4n) is 4.28. The Hall–Kier alpha value is -4.19. The maximum absolute atomic E-state index is 13.4. The van der Waals surface area contributed by atoms with Crippen molar-refractivity contribution in [3.05, 3.63) is 107 Å². The lowest BCUT2D eigenvalue weighted by molar-refractivity contribution is 0.0730. The van der Waals surface area contributed by atoms with Crippen molar-refractivity contribution in [3.63, 3.8) is 0 Å². The molecular weight excluding hydrogens is 412 g/mol. The first kappa shape index (κ1) is 20.7. The Bertz CT molecular complexity index is 1330. The number of carbonyl (C=O) groups is 2. The Labute approximate surface area is 192 Å². The monoisotopic (exact) mass is 436 g/mol. The van der Waals surface area contributed by atoms with Crippen molar-refractivity contribution in [1.82, 2.24) is 14.5 Å². The van der Waals surface area contributed by atoms with Gasteiger partial charge in [-0.05, 0) is 35.2 Å². The SMILES string of the molecule is Cn1c(-c2ccccc2)cnc1NC(=O)c1ccccc1C(=O)N1CCc2ccccc2C1. The lowest BCUT2D eigenvalue weighted by atomic mass is 9.98. The maximum Gasteiger partial charge on any atom is 0.258 e. The van der Waals surface area contributed by atoms with Crippen LogP contribution in [-0.4, -0.2) is 32.8 Å². The lowest BCUT2D eigenvalue weighted by Crippen LogP contribution is -2.37. The predicted molar refractivity (Wildman–Crippen MR) is 128 cm³/mol. The molecule has 0 saturated carbocycles. The number of carbonyl (C=O) groups excluding carboxylic acids is 2. The summed E-state index contributed by atoms with van der Waals surface area (Å²) in [4.78, 5) is 32.7. The zero-order valence-corrected chi connectivity index (χ0v) is 18.4. The smallest absolute Gasteiger partial charge is 0.258 e. The van der Waals surface area contributed by atoms with E-state index in [1.54, 1.807) is 30.5 Å². The van der Waals surface area contributed by atoms with Crippen molar-refractivity contribution >= 4 is 17.8 Å². The number of hydrogen-bond donors (Lipinski definition) is 1. The first-order valence-electron chi connectivity index (χ1n) is 11.0. The molecule has 6 heteroatoms. The zero-order chi connectivity index (χ0) is 22.8. The van der Waals surface area contributed by atoms with E-state index in [0.717, 1.165) is 23.2 Å². The van der Waals surface area contributed by atoms with E-state index in [2.05, 4.69) is 22.4 Å². The highest BCUT2D eigenvalue weighted by atomic mass is 16.2. The van der Waals surface area contributed by atoms with Gasteiger partial charge in [-0.1, -0.05) is 66.7 Å². The molecule has 33 heavy (non-hydrogen) atoms. The number of nitrogens with one attached hydrogen (secondary N) is 1. The standard InChI is InChI=1S/C27H24N4O2/c1-30-24(20-10-3-2-4-11-20)17-28-27(30)29-25(32)22-13-7-8-14-23(22)26(33)31-16-15-19-9-5-6-12-21(19)18-31/h2-14,17H,15-16,18H2,1H3,(H,28,29,32). The third kappa shape index (κ3) is 4.03. The zero-order valence-electron chi connectivity index (χ0n) is 18.4.